The predicted octanol–water partition coefficient (Wildman–Crippen LogP) is 3.17. The van der Waals surface area contributed by atoms with Crippen molar-refractivity contribution in [3.8, 4) is 17.2 Å². The summed E-state index contributed by atoms with van der Waals surface area (Å²) in [4.78, 5) is 8.49. The zero-order valence-corrected chi connectivity index (χ0v) is 9.54. The first-order valence-corrected chi connectivity index (χ1v) is 5.58. The van der Waals surface area contributed by atoms with Gasteiger partial charge in [0.1, 0.15) is 0 Å². The molecule has 1 aromatic carbocycles. The lowest BCUT2D eigenvalue weighted by molar-refractivity contribution is 1.31. The molecule has 0 radical (unpaired) electrons. The molecule has 3 rings (SSSR count). The summed E-state index contributed by atoms with van der Waals surface area (Å²) in [6.07, 6.45) is 5.33. The molecule has 0 aliphatic carbocycles. The van der Waals surface area contributed by atoms with Crippen LogP contribution in [0.2, 0.25) is 0 Å². The van der Waals surface area contributed by atoms with Gasteiger partial charge in [-0.15, -0.1) is 0 Å². The van der Waals surface area contributed by atoms with E-state index in [1.807, 2.05) is 42.6 Å². The fraction of sp³-hybridized carbons (Fsp3) is 0. The van der Waals surface area contributed by atoms with E-state index in [1.54, 1.807) is 12.4 Å². The monoisotopic (exact) mass is 231 g/mol. The standard InChI is InChI=1S/C15H9N3/c16-8-11-3-5-12(6-4-11)14-9-17-10-15-13(14)2-1-7-18-15/h1-7,9-10H. The van der Waals surface area contributed by atoms with Gasteiger partial charge in [-0.1, -0.05) is 18.2 Å². The molecule has 0 unspecified atom stereocenters. The molecule has 0 atom stereocenters. The first-order chi connectivity index (χ1) is 8.88. The van der Waals surface area contributed by atoms with Crippen LogP contribution in [0.15, 0.2) is 55.0 Å². The Morgan fingerprint density at radius 3 is 2.61 bits per heavy atom. The Hall–Kier alpha value is -2.73. The van der Waals surface area contributed by atoms with Crippen molar-refractivity contribution >= 4 is 10.9 Å². The van der Waals surface area contributed by atoms with Crippen molar-refractivity contribution in [2.75, 3.05) is 0 Å². The van der Waals surface area contributed by atoms with E-state index >= 15 is 0 Å². The Balaban J connectivity index is 2.22. The topological polar surface area (TPSA) is 49.6 Å². The predicted molar refractivity (Wildman–Crippen MR) is 69.7 cm³/mol. The molecule has 2 aromatic heterocycles. The third-order valence-electron chi connectivity index (χ3n) is 2.85. The Bertz CT molecular complexity index is 734. The lowest BCUT2D eigenvalue weighted by Gasteiger charge is -2.05. The number of benzene rings is 1. The Morgan fingerprint density at radius 2 is 1.83 bits per heavy atom. The quantitative estimate of drug-likeness (QED) is 0.646. The number of rotatable bonds is 1. The van der Waals surface area contributed by atoms with Gasteiger partial charge in [-0.3, -0.25) is 9.97 Å². The molecule has 0 amide bonds. The second kappa shape index (κ2) is 4.27. The SMILES string of the molecule is N#Cc1ccc(-c2cncc3ncccc23)cc1. The van der Waals surface area contributed by atoms with Crippen LogP contribution in [0.1, 0.15) is 5.56 Å². The Labute approximate surface area is 104 Å². The van der Waals surface area contributed by atoms with Crippen LogP contribution >= 0.6 is 0 Å². The average Bonchev–Trinajstić information content (AvgIpc) is 2.47. The minimum atomic E-state index is 0.657. The summed E-state index contributed by atoms with van der Waals surface area (Å²) in [6.45, 7) is 0. The van der Waals surface area contributed by atoms with Crippen molar-refractivity contribution in [1.82, 2.24) is 9.97 Å². The molecule has 0 saturated heterocycles. The minimum absolute atomic E-state index is 0.657. The molecule has 84 valence electrons. The molecule has 0 fully saturated rings. The highest BCUT2D eigenvalue weighted by Crippen LogP contribution is 2.26. The van der Waals surface area contributed by atoms with Crippen molar-refractivity contribution in [2.24, 2.45) is 0 Å². The summed E-state index contributed by atoms with van der Waals surface area (Å²) in [6, 6.07) is 13.5. The van der Waals surface area contributed by atoms with Gasteiger partial charge in [-0.05, 0) is 23.8 Å². The van der Waals surface area contributed by atoms with Crippen LogP contribution in [-0.2, 0) is 0 Å². The Morgan fingerprint density at radius 1 is 1.00 bits per heavy atom. The van der Waals surface area contributed by atoms with Gasteiger partial charge in [0.15, 0.2) is 0 Å². The number of aromatic nitrogens is 2. The first kappa shape index (κ1) is 10.4. The molecule has 0 aliphatic rings. The van der Waals surface area contributed by atoms with Crippen LogP contribution < -0.4 is 0 Å². The van der Waals surface area contributed by atoms with E-state index in [9.17, 15) is 0 Å². The van der Waals surface area contributed by atoms with Crippen molar-refractivity contribution in [1.29, 1.82) is 5.26 Å². The molecule has 0 bridgehead atoms. The van der Waals surface area contributed by atoms with Crippen molar-refractivity contribution in [3.63, 3.8) is 0 Å². The van der Waals surface area contributed by atoms with Crippen molar-refractivity contribution in [3.05, 3.63) is 60.6 Å². The fourth-order valence-corrected chi connectivity index (χ4v) is 1.95. The van der Waals surface area contributed by atoms with Gasteiger partial charge < -0.3 is 0 Å². The Kier molecular flexibility index (Phi) is 2.47. The average molecular weight is 231 g/mol. The highest BCUT2D eigenvalue weighted by molar-refractivity contribution is 5.93. The second-order valence-corrected chi connectivity index (χ2v) is 3.95. The zero-order chi connectivity index (χ0) is 12.4. The largest absolute Gasteiger partial charge is 0.262 e. The molecule has 3 heteroatoms. The molecule has 0 saturated carbocycles. The molecular weight excluding hydrogens is 222 g/mol. The van der Waals surface area contributed by atoms with E-state index in [0.717, 1.165) is 22.0 Å². The molecule has 0 N–H and O–H groups in total. The van der Waals surface area contributed by atoms with Crippen LogP contribution in [0.3, 0.4) is 0 Å². The number of pyridine rings is 2. The van der Waals surface area contributed by atoms with Gasteiger partial charge in [-0.2, -0.15) is 5.26 Å². The van der Waals surface area contributed by atoms with Crippen LogP contribution in [0, 0.1) is 11.3 Å². The maximum absolute atomic E-state index is 8.80. The summed E-state index contributed by atoms with van der Waals surface area (Å²) in [7, 11) is 0. The van der Waals surface area contributed by atoms with E-state index in [1.165, 1.54) is 0 Å². The van der Waals surface area contributed by atoms with Crippen LogP contribution in [0.5, 0.6) is 0 Å². The maximum Gasteiger partial charge on any atom is 0.0991 e. The van der Waals surface area contributed by atoms with Gasteiger partial charge in [0.25, 0.3) is 0 Å². The number of nitriles is 1. The van der Waals surface area contributed by atoms with E-state index in [-0.39, 0.29) is 0 Å². The van der Waals surface area contributed by atoms with Gasteiger partial charge in [0, 0.05) is 23.3 Å². The zero-order valence-electron chi connectivity index (χ0n) is 9.54. The summed E-state index contributed by atoms with van der Waals surface area (Å²) >= 11 is 0. The normalized spacial score (nSPS) is 10.2. The highest BCUT2D eigenvalue weighted by Gasteiger charge is 2.04. The number of nitrogens with zero attached hydrogens (tertiary/aromatic N) is 3. The number of hydrogen-bond donors (Lipinski definition) is 0. The van der Waals surface area contributed by atoms with E-state index in [0.29, 0.717) is 5.56 Å². The second-order valence-electron chi connectivity index (χ2n) is 3.95. The van der Waals surface area contributed by atoms with E-state index in [2.05, 4.69) is 16.0 Å². The van der Waals surface area contributed by atoms with Crippen LogP contribution in [0.4, 0.5) is 0 Å². The molecule has 3 nitrogen and oxygen atoms in total. The minimum Gasteiger partial charge on any atom is -0.262 e. The van der Waals surface area contributed by atoms with Gasteiger partial charge in [0.05, 0.1) is 23.3 Å². The van der Waals surface area contributed by atoms with Crippen LogP contribution in [-0.4, -0.2) is 9.97 Å². The molecule has 3 aromatic rings. The lowest BCUT2D eigenvalue weighted by Crippen LogP contribution is -1.86. The highest BCUT2D eigenvalue weighted by atomic mass is 14.7. The maximum atomic E-state index is 8.80. The molecule has 18 heavy (non-hydrogen) atoms. The van der Waals surface area contributed by atoms with Crippen LogP contribution in [0.25, 0.3) is 22.0 Å². The van der Waals surface area contributed by atoms with Crippen molar-refractivity contribution < 1.29 is 0 Å². The van der Waals surface area contributed by atoms with Gasteiger partial charge in [-0.25, -0.2) is 0 Å². The third-order valence-corrected chi connectivity index (χ3v) is 2.85. The summed E-state index contributed by atoms with van der Waals surface area (Å²) in [5.74, 6) is 0. The van der Waals surface area contributed by atoms with Gasteiger partial charge in [0.2, 0.25) is 0 Å². The summed E-state index contributed by atoms with van der Waals surface area (Å²) in [5, 5.41) is 9.87. The third kappa shape index (κ3) is 1.70. The first-order valence-electron chi connectivity index (χ1n) is 5.58. The summed E-state index contributed by atoms with van der Waals surface area (Å²) < 4.78 is 0. The molecule has 2 heterocycles. The van der Waals surface area contributed by atoms with E-state index in [4.69, 9.17) is 5.26 Å². The number of fused-ring (bicyclic) bond motifs is 1. The number of hydrogen-bond acceptors (Lipinski definition) is 3. The lowest BCUT2D eigenvalue weighted by atomic mass is 10.0. The van der Waals surface area contributed by atoms with Crippen molar-refractivity contribution in [2.45, 2.75) is 0 Å². The summed E-state index contributed by atoms with van der Waals surface area (Å²) in [5.41, 5.74) is 3.61. The van der Waals surface area contributed by atoms with Gasteiger partial charge >= 0.3 is 0 Å². The molecule has 0 aliphatic heterocycles. The fourth-order valence-electron chi connectivity index (χ4n) is 1.95. The molecule has 0 spiro atoms. The van der Waals surface area contributed by atoms with E-state index < -0.39 is 0 Å². The molecular formula is C15H9N3. The smallest absolute Gasteiger partial charge is 0.0991 e.